The summed E-state index contributed by atoms with van der Waals surface area (Å²) in [5.74, 6) is -0.486. The SMILES string of the molecule is CC(C)NS(=O)(=O)Cc1ccc(CNC(=O)c2cccc(NC(=O)C(C)(C)C)c2)cc1. The number of rotatable bonds is 8. The minimum atomic E-state index is -3.38. The van der Waals surface area contributed by atoms with E-state index in [0.29, 0.717) is 23.4 Å². The molecule has 0 aliphatic heterocycles. The molecular weight excluding hydrogens is 414 g/mol. The van der Waals surface area contributed by atoms with Crippen LogP contribution in [0.25, 0.3) is 0 Å². The number of sulfonamides is 1. The van der Waals surface area contributed by atoms with Crippen LogP contribution in [0.15, 0.2) is 48.5 Å². The van der Waals surface area contributed by atoms with Crippen LogP contribution in [-0.4, -0.2) is 26.3 Å². The number of carbonyl (C=O) groups excluding carboxylic acids is 2. The Morgan fingerprint density at radius 2 is 1.58 bits per heavy atom. The Balaban J connectivity index is 1.95. The van der Waals surface area contributed by atoms with Gasteiger partial charge in [-0.05, 0) is 43.2 Å². The van der Waals surface area contributed by atoms with Crippen molar-refractivity contribution in [1.29, 1.82) is 0 Å². The third kappa shape index (κ3) is 8.15. The van der Waals surface area contributed by atoms with E-state index >= 15 is 0 Å². The van der Waals surface area contributed by atoms with E-state index in [9.17, 15) is 18.0 Å². The van der Waals surface area contributed by atoms with Crippen molar-refractivity contribution < 1.29 is 18.0 Å². The predicted octanol–water partition coefficient (Wildman–Crippen LogP) is 3.43. The number of hydrogen-bond donors (Lipinski definition) is 3. The monoisotopic (exact) mass is 445 g/mol. The van der Waals surface area contributed by atoms with Crippen molar-refractivity contribution in [1.82, 2.24) is 10.0 Å². The Labute approximate surface area is 184 Å². The molecule has 0 saturated heterocycles. The van der Waals surface area contributed by atoms with Gasteiger partial charge < -0.3 is 10.6 Å². The third-order valence-electron chi connectivity index (χ3n) is 4.31. The molecule has 0 fully saturated rings. The van der Waals surface area contributed by atoms with Gasteiger partial charge in [-0.25, -0.2) is 13.1 Å². The molecule has 0 aliphatic rings. The Bertz CT molecular complexity index is 1020. The molecule has 168 valence electrons. The molecule has 2 aromatic carbocycles. The van der Waals surface area contributed by atoms with Gasteiger partial charge in [0.15, 0.2) is 0 Å². The zero-order valence-corrected chi connectivity index (χ0v) is 19.5. The Hall–Kier alpha value is -2.71. The largest absolute Gasteiger partial charge is 0.348 e. The van der Waals surface area contributed by atoms with Crippen LogP contribution < -0.4 is 15.4 Å². The number of anilines is 1. The summed E-state index contributed by atoms with van der Waals surface area (Å²) in [7, 11) is -3.38. The molecule has 2 amide bonds. The summed E-state index contributed by atoms with van der Waals surface area (Å²) in [6.07, 6.45) is 0. The first kappa shape index (κ1) is 24.6. The maximum atomic E-state index is 12.5. The molecule has 0 radical (unpaired) electrons. The Morgan fingerprint density at radius 3 is 2.16 bits per heavy atom. The highest BCUT2D eigenvalue weighted by Crippen LogP contribution is 2.18. The second-order valence-electron chi connectivity index (χ2n) is 8.82. The van der Waals surface area contributed by atoms with Crippen LogP contribution in [0.2, 0.25) is 0 Å². The summed E-state index contributed by atoms with van der Waals surface area (Å²) < 4.78 is 26.6. The molecule has 0 saturated carbocycles. The van der Waals surface area contributed by atoms with Gasteiger partial charge in [0.05, 0.1) is 5.75 Å². The van der Waals surface area contributed by atoms with Crippen LogP contribution in [-0.2, 0) is 27.1 Å². The van der Waals surface area contributed by atoms with Gasteiger partial charge in [-0.3, -0.25) is 9.59 Å². The summed E-state index contributed by atoms with van der Waals surface area (Å²) in [4.78, 5) is 24.6. The van der Waals surface area contributed by atoms with Gasteiger partial charge in [0, 0.05) is 29.3 Å². The zero-order chi connectivity index (χ0) is 23.2. The minimum Gasteiger partial charge on any atom is -0.348 e. The summed E-state index contributed by atoms with van der Waals surface area (Å²) >= 11 is 0. The number of benzene rings is 2. The van der Waals surface area contributed by atoms with E-state index in [0.717, 1.165) is 5.56 Å². The number of carbonyl (C=O) groups is 2. The van der Waals surface area contributed by atoms with E-state index in [2.05, 4.69) is 15.4 Å². The third-order valence-corrected chi connectivity index (χ3v) is 5.86. The first-order chi connectivity index (χ1) is 14.4. The van der Waals surface area contributed by atoms with E-state index < -0.39 is 15.4 Å². The van der Waals surface area contributed by atoms with E-state index in [1.54, 1.807) is 62.4 Å². The first-order valence-corrected chi connectivity index (χ1v) is 11.8. The highest BCUT2D eigenvalue weighted by atomic mass is 32.2. The number of amides is 2. The number of nitrogens with one attached hydrogen (secondary N) is 3. The van der Waals surface area contributed by atoms with Crippen molar-refractivity contribution in [2.75, 3.05) is 5.32 Å². The molecule has 0 bridgehead atoms. The summed E-state index contributed by atoms with van der Waals surface area (Å²) in [5.41, 5.74) is 1.99. The molecular formula is C23H31N3O4S. The lowest BCUT2D eigenvalue weighted by atomic mass is 9.95. The van der Waals surface area contributed by atoms with Gasteiger partial charge in [0.1, 0.15) is 0 Å². The van der Waals surface area contributed by atoms with Crippen LogP contribution in [0.5, 0.6) is 0 Å². The molecule has 0 spiro atoms. The van der Waals surface area contributed by atoms with Crippen molar-refractivity contribution in [3.63, 3.8) is 0 Å². The van der Waals surface area contributed by atoms with Gasteiger partial charge in [-0.15, -0.1) is 0 Å². The van der Waals surface area contributed by atoms with Crippen LogP contribution in [0.1, 0.15) is 56.1 Å². The Kier molecular flexibility index (Phi) is 7.97. The average Bonchev–Trinajstić information content (AvgIpc) is 2.65. The van der Waals surface area contributed by atoms with Gasteiger partial charge in [0.2, 0.25) is 15.9 Å². The van der Waals surface area contributed by atoms with Crippen LogP contribution in [0, 0.1) is 5.41 Å². The van der Waals surface area contributed by atoms with Crippen molar-refractivity contribution >= 4 is 27.5 Å². The molecule has 8 heteroatoms. The Morgan fingerprint density at radius 1 is 0.968 bits per heavy atom. The lowest BCUT2D eigenvalue weighted by Gasteiger charge is -2.18. The average molecular weight is 446 g/mol. The molecule has 3 N–H and O–H groups in total. The summed E-state index contributed by atoms with van der Waals surface area (Å²) in [5, 5.41) is 5.65. The van der Waals surface area contributed by atoms with E-state index in [4.69, 9.17) is 0 Å². The fraction of sp³-hybridized carbons (Fsp3) is 0.391. The maximum absolute atomic E-state index is 12.5. The van der Waals surface area contributed by atoms with Gasteiger partial charge >= 0.3 is 0 Å². The minimum absolute atomic E-state index is 0.0924. The molecule has 2 rings (SSSR count). The molecule has 0 heterocycles. The van der Waals surface area contributed by atoms with Gasteiger partial charge in [0.25, 0.3) is 5.91 Å². The van der Waals surface area contributed by atoms with E-state index in [-0.39, 0.29) is 23.6 Å². The summed E-state index contributed by atoms with van der Waals surface area (Å²) in [6, 6.07) is 13.7. The van der Waals surface area contributed by atoms with E-state index in [1.165, 1.54) is 0 Å². The van der Waals surface area contributed by atoms with Crippen molar-refractivity contribution in [3.05, 3.63) is 65.2 Å². The molecule has 0 aromatic heterocycles. The zero-order valence-electron chi connectivity index (χ0n) is 18.7. The van der Waals surface area contributed by atoms with Crippen molar-refractivity contribution in [2.24, 2.45) is 5.41 Å². The fourth-order valence-corrected chi connectivity index (χ4v) is 4.15. The molecule has 0 unspecified atom stereocenters. The lowest BCUT2D eigenvalue weighted by Crippen LogP contribution is -2.31. The molecule has 2 aromatic rings. The van der Waals surface area contributed by atoms with Crippen LogP contribution in [0.4, 0.5) is 5.69 Å². The molecule has 0 atom stereocenters. The standard InChI is InChI=1S/C23H31N3O4S/c1-16(2)26-31(29,30)15-18-11-9-17(10-12-18)14-24-21(27)19-7-6-8-20(13-19)25-22(28)23(3,4)5/h6-13,16,26H,14-15H2,1-5H3,(H,24,27)(H,25,28). The van der Waals surface area contributed by atoms with Gasteiger partial charge in [-0.1, -0.05) is 51.1 Å². The van der Waals surface area contributed by atoms with Crippen molar-refractivity contribution in [2.45, 2.75) is 53.0 Å². The highest BCUT2D eigenvalue weighted by Gasteiger charge is 2.21. The normalized spacial score (nSPS) is 11.9. The second kappa shape index (κ2) is 10.1. The number of hydrogen-bond acceptors (Lipinski definition) is 4. The topological polar surface area (TPSA) is 104 Å². The smallest absolute Gasteiger partial charge is 0.251 e. The molecule has 31 heavy (non-hydrogen) atoms. The van der Waals surface area contributed by atoms with Crippen LogP contribution >= 0.6 is 0 Å². The molecule has 0 aliphatic carbocycles. The second-order valence-corrected chi connectivity index (χ2v) is 10.6. The van der Waals surface area contributed by atoms with Gasteiger partial charge in [-0.2, -0.15) is 0 Å². The van der Waals surface area contributed by atoms with Crippen LogP contribution in [0.3, 0.4) is 0 Å². The first-order valence-electron chi connectivity index (χ1n) is 10.1. The lowest BCUT2D eigenvalue weighted by molar-refractivity contribution is -0.123. The summed E-state index contributed by atoms with van der Waals surface area (Å²) in [6.45, 7) is 9.31. The van der Waals surface area contributed by atoms with E-state index in [1.807, 2.05) is 20.8 Å². The quantitative estimate of drug-likeness (QED) is 0.579. The van der Waals surface area contributed by atoms with Crippen molar-refractivity contribution in [3.8, 4) is 0 Å². The predicted molar refractivity (Wildman–Crippen MR) is 123 cm³/mol. The fourth-order valence-electron chi connectivity index (χ4n) is 2.71. The maximum Gasteiger partial charge on any atom is 0.251 e. The highest BCUT2D eigenvalue weighted by molar-refractivity contribution is 7.88. The molecule has 7 nitrogen and oxygen atoms in total.